The van der Waals surface area contributed by atoms with Crippen LogP contribution in [0.3, 0.4) is 0 Å². The van der Waals surface area contributed by atoms with E-state index in [0.29, 0.717) is 10.7 Å². The molecule has 0 saturated heterocycles. The maximum atomic E-state index is 12.1. The van der Waals surface area contributed by atoms with Gasteiger partial charge in [0.2, 0.25) is 6.84 Å². The summed E-state index contributed by atoms with van der Waals surface area (Å²) >= 11 is 19.8. The number of carbonyl (C=O) groups is 2. The standard InChI is InChI=1S/C14H20Br6O5/c1-11(2,6-15)13(17,18)24-9(22)5-8(21)10(23)25-14(19,20)12(3,4)7-16/h8,21H,5-7H2,1-4H3. The van der Waals surface area contributed by atoms with E-state index in [9.17, 15) is 14.7 Å². The number of aliphatic hydroxyl groups is 1. The molecule has 0 amide bonds. The summed E-state index contributed by atoms with van der Waals surface area (Å²) in [6.45, 7) is 7.39. The number of rotatable bonds is 9. The second-order valence-corrected chi connectivity index (χ2v) is 14.4. The van der Waals surface area contributed by atoms with Crippen LogP contribution < -0.4 is 0 Å². The van der Waals surface area contributed by atoms with Gasteiger partial charge in [-0.25, -0.2) is 4.79 Å². The highest BCUT2D eigenvalue weighted by atomic mass is 79.9. The molecule has 0 spiro atoms. The summed E-state index contributed by atoms with van der Waals surface area (Å²) in [5.41, 5.74) is -1.02. The van der Waals surface area contributed by atoms with Crippen molar-refractivity contribution in [3.8, 4) is 0 Å². The number of esters is 2. The first-order valence-corrected chi connectivity index (χ1v) is 12.4. The summed E-state index contributed by atoms with van der Waals surface area (Å²) in [6.07, 6.45) is -2.20. The maximum Gasteiger partial charge on any atom is 0.337 e. The number of hydrogen-bond donors (Lipinski definition) is 1. The van der Waals surface area contributed by atoms with Gasteiger partial charge in [0.15, 0.2) is 6.10 Å². The molecule has 0 radical (unpaired) electrons. The van der Waals surface area contributed by atoms with Gasteiger partial charge in [-0.05, 0) is 63.7 Å². The predicted octanol–water partition coefficient (Wildman–Crippen LogP) is 5.55. The molecule has 5 nitrogen and oxygen atoms in total. The van der Waals surface area contributed by atoms with Gasteiger partial charge in [-0.15, -0.1) is 0 Å². The van der Waals surface area contributed by atoms with E-state index >= 15 is 0 Å². The van der Waals surface area contributed by atoms with Gasteiger partial charge in [-0.2, -0.15) is 0 Å². The van der Waals surface area contributed by atoms with E-state index in [1.807, 2.05) is 27.7 Å². The molecule has 1 unspecified atom stereocenters. The van der Waals surface area contributed by atoms with E-state index in [1.165, 1.54) is 0 Å². The van der Waals surface area contributed by atoms with Crippen LogP contribution in [-0.4, -0.2) is 40.6 Å². The van der Waals surface area contributed by atoms with Gasteiger partial charge in [0, 0.05) is 21.5 Å². The van der Waals surface area contributed by atoms with Gasteiger partial charge in [0.25, 0.3) is 0 Å². The number of ether oxygens (including phenoxy) is 2. The Kier molecular flexibility index (Phi) is 10.7. The smallest absolute Gasteiger partial charge is 0.337 e. The summed E-state index contributed by atoms with van der Waals surface area (Å²) in [5.74, 6) is -1.71. The van der Waals surface area contributed by atoms with Crippen molar-refractivity contribution < 1.29 is 24.2 Å². The van der Waals surface area contributed by atoms with Crippen molar-refractivity contribution >= 4 is 108 Å². The molecular formula is C14H20Br6O5. The molecule has 0 heterocycles. The quantitative estimate of drug-likeness (QED) is 0.248. The Morgan fingerprint density at radius 1 is 0.880 bits per heavy atom. The van der Waals surface area contributed by atoms with Gasteiger partial charge >= 0.3 is 11.9 Å². The van der Waals surface area contributed by atoms with Crippen LogP contribution in [0, 0.1) is 10.8 Å². The first-order valence-electron chi connectivity index (χ1n) is 7.03. The van der Waals surface area contributed by atoms with Crippen LogP contribution in [0.4, 0.5) is 0 Å². The van der Waals surface area contributed by atoms with Gasteiger partial charge in [0.05, 0.1) is 6.42 Å². The summed E-state index contributed by atoms with van der Waals surface area (Å²) in [6, 6.07) is 0. The predicted molar refractivity (Wildman–Crippen MR) is 119 cm³/mol. The van der Waals surface area contributed by atoms with Crippen molar-refractivity contribution in [1.82, 2.24) is 0 Å². The van der Waals surface area contributed by atoms with Crippen molar-refractivity contribution in [2.75, 3.05) is 10.7 Å². The SMILES string of the molecule is CC(C)(CBr)C(Br)(Br)OC(=O)CC(O)C(=O)OC(Br)(Br)C(C)(C)CBr. The molecule has 0 aromatic rings. The van der Waals surface area contributed by atoms with E-state index in [0.717, 1.165) is 0 Å². The average molecular weight is 748 g/mol. The fourth-order valence-corrected chi connectivity index (χ4v) is 4.59. The van der Waals surface area contributed by atoms with E-state index < -0.39 is 42.1 Å². The molecule has 0 rings (SSSR count). The van der Waals surface area contributed by atoms with Crippen LogP contribution in [0.2, 0.25) is 0 Å². The topological polar surface area (TPSA) is 72.8 Å². The van der Waals surface area contributed by atoms with E-state index in [4.69, 9.17) is 9.47 Å². The Hall–Kier alpha value is 1.78. The average Bonchev–Trinajstić information content (AvgIpc) is 2.45. The molecule has 25 heavy (non-hydrogen) atoms. The lowest BCUT2D eigenvalue weighted by molar-refractivity contribution is -0.166. The molecule has 0 bridgehead atoms. The molecule has 0 aromatic heterocycles. The normalized spacial score (nSPS) is 14.8. The number of halogens is 6. The minimum absolute atomic E-state index is 0.491. The van der Waals surface area contributed by atoms with Crippen LogP contribution in [0.15, 0.2) is 0 Å². The Morgan fingerprint density at radius 2 is 1.24 bits per heavy atom. The zero-order valence-electron chi connectivity index (χ0n) is 14.0. The first kappa shape index (κ1) is 26.8. The number of aliphatic hydroxyl groups excluding tert-OH is 1. The fraction of sp³-hybridized carbons (Fsp3) is 0.857. The van der Waals surface area contributed by atoms with Gasteiger partial charge < -0.3 is 14.6 Å². The van der Waals surface area contributed by atoms with E-state index in [-0.39, 0.29) is 0 Å². The molecule has 0 fully saturated rings. The van der Waals surface area contributed by atoms with Gasteiger partial charge in [-0.1, -0.05) is 59.6 Å². The second kappa shape index (κ2) is 10.0. The highest BCUT2D eigenvalue weighted by Crippen LogP contribution is 2.47. The van der Waals surface area contributed by atoms with Crippen molar-refractivity contribution in [3.05, 3.63) is 0 Å². The highest BCUT2D eigenvalue weighted by molar-refractivity contribution is 9.25. The third kappa shape index (κ3) is 7.61. The van der Waals surface area contributed by atoms with E-state index in [1.54, 1.807) is 0 Å². The van der Waals surface area contributed by atoms with Crippen molar-refractivity contribution in [2.45, 2.75) is 47.1 Å². The van der Waals surface area contributed by atoms with Crippen LogP contribution in [-0.2, 0) is 19.1 Å². The summed E-state index contributed by atoms with van der Waals surface area (Å²) < 4.78 is 8.20. The van der Waals surface area contributed by atoms with Crippen molar-refractivity contribution in [1.29, 1.82) is 0 Å². The molecule has 1 N–H and O–H groups in total. The highest BCUT2D eigenvalue weighted by Gasteiger charge is 2.46. The molecule has 0 aromatic carbocycles. The van der Waals surface area contributed by atoms with Crippen LogP contribution >= 0.6 is 95.6 Å². The lowest BCUT2D eigenvalue weighted by atomic mass is 9.98. The number of alkyl halides is 6. The monoisotopic (exact) mass is 742 g/mol. The summed E-state index contributed by atoms with van der Waals surface area (Å²) in [7, 11) is 0. The molecule has 0 aliphatic carbocycles. The zero-order chi connectivity index (χ0) is 20.3. The lowest BCUT2D eigenvalue weighted by Crippen LogP contribution is -2.43. The van der Waals surface area contributed by atoms with Crippen molar-refractivity contribution in [2.24, 2.45) is 10.8 Å². The Morgan fingerprint density at radius 3 is 1.60 bits per heavy atom. The zero-order valence-corrected chi connectivity index (χ0v) is 23.6. The van der Waals surface area contributed by atoms with Crippen molar-refractivity contribution in [3.63, 3.8) is 0 Å². The third-order valence-electron chi connectivity index (χ3n) is 3.35. The lowest BCUT2D eigenvalue weighted by Gasteiger charge is -2.36. The van der Waals surface area contributed by atoms with E-state index in [2.05, 4.69) is 95.6 Å². The minimum Gasteiger partial charge on any atom is -0.436 e. The molecule has 0 aliphatic heterocycles. The largest absolute Gasteiger partial charge is 0.436 e. The number of hydrogen-bond acceptors (Lipinski definition) is 5. The molecule has 11 heteroatoms. The molecule has 0 saturated carbocycles. The maximum absolute atomic E-state index is 12.1. The van der Waals surface area contributed by atoms with Crippen LogP contribution in [0.1, 0.15) is 34.1 Å². The fourth-order valence-electron chi connectivity index (χ4n) is 1.05. The molecule has 0 aliphatic rings. The molecule has 148 valence electrons. The summed E-state index contributed by atoms with van der Waals surface area (Å²) in [4.78, 5) is 24.1. The summed E-state index contributed by atoms with van der Waals surface area (Å²) in [5, 5.41) is 11.0. The molecular weight excluding hydrogens is 728 g/mol. The Bertz CT molecular complexity index is 492. The second-order valence-electron chi connectivity index (χ2n) is 6.68. The van der Waals surface area contributed by atoms with Gasteiger partial charge in [-0.3, -0.25) is 4.79 Å². The van der Waals surface area contributed by atoms with Crippen LogP contribution in [0.25, 0.3) is 0 Å². The minimum atomic E-state index is -1.66. The van der Waals surface area contributed by atoms with Crippen LogP contribution in [0.5, 0.6) is 0 Å². The number of carbonyl (C=O) groups excluding carboxylic acids is 2. The first-order chi connectivity index (χ1) is 11.0. The Balaban J connectivity index is 4.87. The van der Waals surface area contributed by atoms with Gasteiger partial charge in [0.1, 0.15) is 0 Å². The third-order valence-corrected chi connectivity index (χ3v) is 11.1. The molecule has 1 atom stereocenters. The Labute approximate surface area is 198 Å².